The molecule has 1 aliphatic heterocycles. The van der Waals surface area contributed by atoms with E-state index in [-0.39, 0.29) is 0 Å². The maximum Gasteiger partial charge on any atom is 0.0623 e. The summed E-state index contributed by atoms with van der Waals surface area (Å²) in [7, 11) is 0. The summed E-state index contributed by atoms with van der Waals surface area (Å²) >= 11 is 0. The summed E-state index contributed by atoms with van der Waals surface area (Å²) in [4.78, 5) is 0. The number of hydrogen-bond acceptors (Lipinski definition) is 3. The molecular weight excluding hydrogens is 202 g/mol. The van der Waals surface area contributed by atoms with Crippen molar-refractivity contribution in [2.45, 2.75) is 52.9 Å². The van der Waals surface area contributed by atoms with Gasteiger partial charge in [-0.2, -0.15) is 0 Å². The molecule has 1 rings (SSSR count). The Kier molecular flexibility index (Phi) is 5.73. The van der Waals surface area contributed by atoms with E-state index in [0.29, 0.717) is 30.1 Å². The Morgan fingerprint density at radius 2 is 1.88 bits per heavy atom. The van der Waals surface area contributed by atoms with Crippen LogP contribution in [0.1, 0.15) is 34.6 Å². The van der Waals surface area contributed by atoms with Crippen LogP contribution >= 0.6 is 0 Å². The van der Waals surface area contributed by atoms with Crippen LogP contribution in [0.2, 0.25) is 0 Å². The van der Waals surface area contributed by atoms with Gasteiger partial charge in [-0.15, -0.1) is 0 Å². The van der Waals surface area contributed by atoms with Crippen molar-refractivity contribution in [2.75, 3.05) is 19.8 Å². The van der Waals surface area contributed by atoms with Gasteiger partial charge in [0.25, 0.3) is 0 Å². The average molecular weight is 229 g/mol. The van der Waals surface area contributed by atoms with Gasteiger partial charge < -0.3 is 14.8 Å². The molecule has 3 nitrogen and oxygen atoms in total. The van der Waals surface area contributed by atoms with Crippen molar-refractivity contribution in [3.63, 3.8) is 0 Å². The standard InChI is InChI=1S/C13H27NO2/c1-6-14-12(8-15-7-2)13-9(3)10(4)16-11(13)5/h9-14H,6-8H2,1-5H3. The van der Waals surface area contributed by atoms with Gasteiger partial charge in [-0.3, -0.25) is 0 Å². The van der Waals surface area contributed by atoms with E-state index in [1.165, 1.54) is 0 Å². The Hall–Kier alpha value is -0.120. The minimum atomic E-state index is 0.328. The van der Waals surface area contributed by atoms with Gasteiger partial charge in [-0.1, -0.05) is 13.8 Å². The van der Waals surface area contributed by atoms with Gasteiger partial charge in [0.1, 0.15) is 0 Å². The minimum Gasteiger partial charge on any atom is -0.380 e. The molecule has 1 aliphatic rings. The fraction of sp³-hybridized carbons (Fsp3) is 1.00. The summed E-state index contributed by atoms with van der Waals surface area (Å²) in [5.41, 5.74) is 0. The summed E-state index contributed by atoms with van der Waals surface area (Å²) in [5, 5.41) is 3.54. The molecule has 1 fully saturated rings. The zero-order chi connectivity index (χ0) is 12.1. The summed E-state index contributed by atoms with van der Waals surface area (Å²) in [5.74, 6) is 1.15. The quantitative estimate of drug-likeness (QED) is 0.756. The van der Waals surface area contributed by atoms with Crippen LogP contribution in [0, 0.1) is 11.8 Å². The van der Waals surface area contributed by atoms with E-state index in [9.17, 15) is 0 Å². The molecule has 0 aromatic carbocycles. The van der Waals surface area contributed by atoms with Crippen LogP contribution < -0.4 is 5.32 Å². The largest absolute Gasteiger partial charge is 0.380 e. The van der Waals surface area contributed by atoms with Crippen molar-refractivity contribution in [3.05, 3.63) is 0 Å². The van der Waals surface area contributed by atoms with Crippen molar-refractivity contribution in [1.29, 1.82) is 0 Å². The van der Waals surface area contributed by atoms with Gasteiger partial charge >= 0.3 is 0 Å². The zero-order valence-corrected chi connectivity index (χ0v) is 11.3. The van der Waals surface area contributed by atoms with Gasteiger partial charge in [0, 0.05) is 18.6 Å². The van der Waals surface area contributed by atoms with E-state index in [0.717, 1.165) is 19.8 Å². The smallest absolute Gasteiger partial charge is 0.0623 e. The maximum absolute atomic E-state index is 5.90. The van der Waals surface area contributed by atoms with E-state index in [1.807, 2.05) is 6.92 Å². The molecule has 5 atom stereocenters. The predicted octanol–water partition coefficient (Wildman–Crippen LogP) is 2.06. The normalized spacial score (nSPS) is 36.6. The first-order chi connectivity index (χ1) is 7.61. The maximum atomic E-state index is 5.90. The molecule has 0 bridgehead atoms. The third-order valence-corrected chi connectivity index (χ3v) is 3.75. The van der Waals surface area contributed by atoms with E-state index in [2.05, 4.69) is 33.0 Å². The lowest BCUT2D eigenvalue weighted by molar-refractivity contribution is 0.0379. The highest BCUT2D eigenvalue weighted by Crippen LogP contribution is 2.34. The summed E-state index contributed by atoms with van der Waals surface area (Å²) < 4.78 is 11.5. The second-order valence-electron chi connectivity index (χ2n) is 4.81. The van der Waals surface area contributed by atoms with Crippen molar-refractivity contribution in [1.82, 2.24) is 5.32 Å². The first-order valence-electron chi connectivity index (χ1n) is 6.58. The lowest BCUT2D eigenvalue weighted by atomic mass is 9.83. The Bertz CT molecular complexity index is 198. The predicted molar refractivity (Wildman–Crippen MR) is 66.6 cm³/mol. The molecule has 1 heterocycles. The van der Waals surface area contributed by atoms with Gasteiger partial charge in [-0.25, -0.2) is 0 Å². The first kappa shape index (κ1) is 13.9. The molecular formula is C13H27NO2. The van der Waals surface area contributed by atoms with Gasteiger partial charge in [0.15, 0.2) is 0 Å². The number of rotatable bonds is 6. The van der Waals surface area contributed by atoms with Gasteiger partial charge in [0.2, 0.25) is 0 Å². The first-order valence-corrected chi connectivity index (χ1v) is 6.58. The number of nitrogens with one attached hydrogen (secondary N) is 1. The van der Waals surface area contributed by atoms with Crippen LogP contribution in [0.3, 0.4) is 0 Å². The van der Waals surface area contributed by atoms with Crippen LogP contribution in [0.5, 0.6) is 0 Å². The van der Waals surface area contributed by atoms with Crippen LogP contribution in [0.4, 0.5) is 0 Å². The Morgan fingerprint density at radius 3 is 2.31 bits per heavy atom. The van der Waals surface area contributed by atoms with Crippen molar-refractivity contribution < 1.29 is 9.47 Å². The molecule has 0 saturated carbocycles. The Morgan fingerprint density at radius 1 is 1.19 bits per heavy atom. The van der Waals surface area contributed by atoms with Crippen LogP contribution in [-0.2, 0) is 9.47 Å². The average Bonchev–Trinajstić information content (AvgIpc) is 2.49. The summed E-state index contributed by atoms with van der Waals surface area (Å²) in [6.45, 7) is 13.4. The van der Waals surface area contributed by atoms with Crippen molar-refractivity contribution in [2.24, 2.45) is 11.8 Å². The molecule has 1 N–H and O–H groups in total. The molecule has 0 radical (unpaired) electrons. The van der Waals surface area contributed by atoms with Crippen molar-refractivity contribution >= 4 is 0 Å². The molecule has 16 heavy (non-hydrogen) atoms. The topological polar surface area (TPSA) is 30.5 Å². The molecule has 0 aromatic heterocycles. The van der Waals surface area contributed by atoms with Crippen LogP contribution in [0.25, 0.3) is 0 Å². The number of hydrogen-bond donors (Lipinski definition) is 1. The molecule has 0 spiro atoms. The Balaban J connectivity index is 2.61. The zero-order valence-electron chi connectivity index (χ0n) is 11.3. The number of ether oxygens (including phenoxy) is 2. The molecule has 0 aromatic rings. The molecule has 3 heteroatoms. The second kappa shape index (κ2) is 6.58. The van der Waals surface area contributed by atoms with E-state index in [1.54, 1.807) is 0 Å². The number of likely N-dealkylation sites (N-methyl/N-ethyl adjacent to an activating group) is 1. The molecule has 96 valence electrons. The molecule has 0 aliphatic carbocycles. The summed E-state index contributed by atoms with van der Waals surface area (Å²) in [6.07, 6.45) is 0.692. The van der Waals surface area contributed by atoms with E-state index in [4.69, 9.17) is 9.47 Å². The minimum absolute atomic E-state index is 0.328. The monoisotopic (exact) mass is 229 g/mol. The van der Waals surface area contributed by atoms with Crippen LogP contribution in [0.15, 0.2) is 0 Å². The fourth-order valence-corrected chi connectivity index (χ4v) is 2.80. The molecule has 5 unspecified atom stereocenters. The van der Waals surface area contributed by atoms with Gasteiger partial charge in [0.05, 0.1) is 18.8 Å². The SMILES string of the molecule is CCNC(COCC)C1C(C)OC(C)C1C. The third-order valence-electron chi connectivity index (χ3n) is 3.75. The second-order valence-corrected chi connectivity index (χ2v) is 4.81. The highest BCUT2D eigenvalue weighted by molar-refractivity contribution is 4.91. The molecule has 1 saturated heterocycles. The van der Waals surface area contributed by atoms with Crippen molar-refractivity contribution in [3.8, 4) is 0 Å². The van der Waals surface area contributed by atoms with E-state index >= 15 is 0 Å². The highest BCUT2D eigenvalue weighted by Gasteiger charge is 2.41. The third kappa shape index (κ3) is 3.19. The lowest BCUT2D eigenvalue weighted by Gasteiger charge is -2.29. The summed E-state index contributed by atoms with van der Waals surface area (Å²) in [6, 6.07) is 0.417. The molecule has 0 amide bonds. The van der Waals surface area contributed by atoms with Crippen LogP contribution in [-0.4, -0.2) is 38.0 Å². The lowest BCUT2D eigenvalue weighted by Crippen LogP contribution is -2.45. The van der Waals surface area contributed by atoms with E-state index < -0.39 is 0 Å². The fourth-order valence-electron chi connectivity index (χ4n) is 2.80. The Labute approximate surface area is 99.9 Å². The van der Waals surface area contributed by atoms with Gasteiger partial charge in [-0.05, 0) is 33.2 Å². The highest BCUT2D eigenvalue weighted by atomic mass is 16.5.